The highest BCUT2D eigenvalue weighted by molar-refractivity contribution is 7.22. The molecule has 2 aromatic carbocycles. The molecule has 0 spiro atoms. The fraction of sp³-hybridized carbons (Fsp3) is 0.111. The van der Waals surface area contributed by atoms with E-state index in [9.17, 15) is 9.18 Å². The van der Waals surface area contributed by atoms with E-state index >= 15 is 0 Å². The van der Waals surface area contributed by atoms with Gasteiger partial charge in [-0.2, -0.15) is 0 Å². The van der Waals surface area contributed by atoms with Crippen LogP contribution in [0.2, 0.25) is 0 Å². The maximum atomic E-state index is 12.8. The lowest BCUT2D eigenvalue weighted by atomic mass is 10.2. The van der Waals surface area contributed by atoms with Gasteiger partial charge < -0.3 is 4.74 Å². The summed E-state index contributed by atoms with van der Waals surface area (Å²) in [6, 6.07) is 11.5. The van der Waals surface area contributed by atoms with Crippen LogP contribution < -0.4 is 10.1 Å². The zero-order valence-electron chi connectivity index (χ0n) is 13.0. The molecule has 1 aromatic heterocycles. The molecule has 0 bridgehead atoms. The van der Waals surface area contributed by atoms with Crippen LogP contribution in [0.5, 0.6) is 5.75 Å². The number of nitrogens with zero attached hydrogens (tertiary/aromatic N) is 1. The van der Waals surface area contributed by atoms with E-state index in [4.69, 9.17) is 4.74 Å². The van der Waals surface area contributed by atoms with E-state index in [1.54, 1.807) is 18.2 Å². The maximum Gasteiger partial charge on any atom is 0.250 e. The Labute approximate surface area is 142 Å². The molecule has 0 aliphatic carbocycles. The van der Waals surface area contributed by atoms with Gasteiger partial charge in [0.2, 0.25) is 5.91 Å². The lowest BCUT2D eigenvalue weighted by Gasteiger charge is -2.00. The van der Waals surface area contributed by atoms with Crippen molar-refractivity contribution in [2.24, 2.45) is 0 Å². The molecular formula is C18H15FN2O2S. The molecule has 0 saturated heterocycles. The summed E-state index contributed by atoms with van der Waals surface area (Å²) < 4.78 is 19.2. The number of hydrogen-bond acceptors (Lipinski definition) is 4. The molecule has 122 valence electrons. The summed E-state index contributed by atoms with van der Waals surface area (Å²) >= 11 is 1.38. The summed E-state index contributed by atoms with van der Waals surface area (Å²) in [4.78, 5) is 16.3. The number of fused-ring (bicyclic) bond motifs is 1. The average molecular weight is 342 g/mol. The zero-order chi connectivity index (χ0) is 16.9. The van der Waals surface area contributed by atoms with Crippen molar-refractivity contribution in [1.82, 2.24) is 4.98 Å². The van der Waals surface area contributed by atoms with E-state index in [2.05, 4.69) is 10.3 Å². The fourth-order valence-corrected chi connectivity index (χ4v) is 3.00. The second kappa shape index (κ2) is 7.23. The predicted octanol–water partition coefficient (Wildman–Crippen LogP) is 4.49. The largest absolute Gasteiger partial charge is 0.494 e. The number of hydrogen-bond donors (Lipinski definition) is 1. The summed E-state index contributed by atoms with van der Waals surface area (Å²) in [7, 11) is 0. The quantitative estimate of drug-likeness (QED) is 0.695. The molecule has 1 amide bonds. The number of nitrogens with one attached hydrogen (secondary N) is 1. The minimum Gasteiger partial charge on any atom is -0.494 e. The summed E-state index contributed by atoms with van der Waals surface area (Å²) in [6.45, 7) is 2.53. The number of benzene rings is 2. The van der Waals surface area contributed by atoms with Crippen molar-refractivity contribution in [2.45, 2.75) is 6.92 Å². The van der Waals surface area contributed by atoms with Crippen LogP contribution in [-0.2, 0) is 4.79 Å². The van der Waals surface area contributed by atoms with Gasteiger partial charge in [-0.05, 0) is 48.9 Å². The van der Waals surface area contributed by atoms with Crippen LogP contribution >= 0.6 is 11.3 Å². The van der Waals surface area contributed by atoms with E-state index < -0.39 is 0 Å². The van der Waals surface area contributed by atoms with E-state index in [-0.39, 0.29) is 11.7 Å². The highest BCUT2D eigenvalue weighted by atomic mass is 32.1. The first kappa shape index (κ1) is 16.1. The normalized spacial score (nSPS) is 11.1. The second-order valence-corrected chi connectivity index (χ2v) is 5.99. The first-order valence-electron chi connectivity index (χ1n) is 7.42. The zero-order valence-corrected chi connectivity index (χ0v) is 13.8. The van der Waals surface area contributed by atoms with Gasteiger partial charge in [-0.3, -0.25) is 10.1 Å². The lowest BCUT2D eigenvalue weighted by Crippen LogP contribution is -2.07. The minimum atomic E-state index is -0.308. The number of thiazole rings is 1. The summed E-state index contributed by atoms with van der Waals surface area (Å²) in [5.74, 6) is 0.184. The van der Waals surface area contributed by atoms with Crippen molar-refractivity contribution in [3.8, 4) is 5.75 Å². The summed E-state index contributed by atoms with van der Waals surface area (Å²) in [5.41, 5.74) is 1.55. The van der Waals surface area contributed by atoms with Crippen LogP contribution in [0.1, 0.15) is 12.5 Å². The van der Waals surface area contributed by atoms with Crippen molar-refractivity contribution in [2.75, 3.05) is 11.9 Å². The van der Waals surface area contributed by atoms with Gasteiger partial charge in [-0.1, -0.05) is 23.5 Å². The topological polar surface area (TPSA) is 51.2 Å². The Morgan fingerprint density at radius 3 is 2.83 bits per heavy atom. The van der Waals surface area contributed by atoms with Crippen LogP contribution in [0.25, 0.3) is 16.3 Å². The third kappa shape index (κ3) is 3.97. The third-order valence-electron chi connectivity index (χ3n) is 3.20. The van der Waals surface area contributed by atoms with Crippen molar-refractivity contribution in [3.63, 3.8) is 0 Å². The van der Waals surface area contributed by atoms with E-state index in [1.165, 1.54) is 29.5 Å². The molecule has 0 aliphatic heterocycles. The first-order valence-corrected chi connectivity index (χ1v) is 8.24. The lowest BCUT2D eigenvalue weighted by molar-refractivity contribution is -0.111. The molecule has 1 heterocycles. The van der Waals surface area contributed by atoms with Gasteiger partial charge in [0, 0.05) is 6.08 Å². The number of rotatable bonds is 5. The van der Waals surface area contributed by atoms with E-state index in [0.29, 0.717) is 11.7 Å². The Bertz CT molecular complexity index is 888. The molecular weight excluding hydrogens is 327 g/mol. The van der Waals surface area contributed by atoms with Crippen molar-refractivity contribution in [1.29, 1.82) is 0 Å². The highest BCUT2D eigenvalue weighted by Crippen LogP contribution is 2.29. The summed E-state index contributed by atoms with van der Waals surface area (Å²) in [5, 5.41) is 3.25. The molecule has 3 rings (SSSR count). The third-order valence-corrected chi connectivity index (χ3v) is 4.13. The first-order chi connectivity index (χ1) is 11.6. The monoisotopic (exact) mass is 342 g/mol. The minimum absolute atomic E-state index is 0.289. The molecule has 0 atom stereocenters. The van der Waals surface area contributed by atoms with Crippen LogP contribution in [0.15, 0.2) is 48.5 Å². The number of carbonyl (C=O) groups is 1. The molecule has 0 aliphatic rings. The van der Waals surface area contributed by atoms with Gasteiger partial charge in [-0.25, -0.2) is 9.37 Å². The Morgan fingerprint density at radius 2 is 2.08 bits per heavy atom. The van der Waals surface area contributed by atoms with Gasteiger partial charge in [0.05, 0.1) is 16.8 Å². The Balaban J connectivity index is 1.69. The smallest absolute Gasteiger partial charge is 0.250 e. The van der Waals surface area contributed by atoms with Crippen molar-refractivity contribution >= 4 is 38.7 Å². The fourth-order valence-electron chi connectivity index (χ4n) is 2.11. The van der Waals surface area contributed by atoms with Crippen molar-refractivity contribution in [3.05, 3.63) is 59.9 Å². The van der Waals surface area contributed by atoms with Gasteiger partial charge in [-0.15, -0.1) is 0 Å². The van der Waals surface area contributed by atoms with E-state index in [1.807, 2.05) is 25.1 Å². The molecule has 4 nitrogen and oxygen atoms in total. The van der Waals surface area contributed by atoms with Gasteiger partial charge in [0.15, 0.2) is 5.13 Å². The average Bonchev–Trinajstić information content (AvgIpc) is 2.96. The standard InChI is InChI=1S/C18H15FN2O2S/c1-2-23-14-8-9-15-16(11-14)24-18(20-15)21-17(22)10-5-12-3-6-13(19)7-4-12/h3-11H,2H2,1H3,(H,20,21,22)/b10-5+. The van der Waals surface area contributed by atoms with Crippen LogP contribution in [0.3, 0.4) is 0 Å². The summed E-state index contributed by atoms with van der Waals surface area (Å²) in [6.07, 6.45) is 3.01. The molecule has 0 unspecified atom stereocenters. The van der Waals surface area contributed by atoms with Gasteiger partial charge >= 0.3 is 0 Å². The second-order valence-electron chi connectivity index (χ2n) is 4.96. The van der Waals surface area contributed by atoms with Gasteiger partial charge in [0.25, 0.3) is 0 Å². The molecule has 24 heavy (non-hydrogen) atoms. The van der Waals surface area contributed by atoms with Crippen LogP contribution in [0.4, 0.5) is 9.52 Å². The predicted molar refractivity (Wildman–Crippen MR) is 94.9 cm³/mol. The number of ether oxygens (including phenoxy) is 1. The maximum absolute atomic E-state index is 12.8. The number of halogens is 1. The molecule has 0 fully saturated rings. The molecule has 6 heteroatoms. The number of amides is 1. The van der Waals surface area contributed by atoms with Crippen LogP contribution in [-0.4, -0.2) is 17.5 Å². The number of aromatic nitrogens is 1. The Morgan fingerprint density at radius 1 is 1.29 bits per heavy atom. The molecule has 0 radical (unpaired) electrons. The SMILES string of the molecule is CCOc1ccc2nc(NC(=O)/C=C/c3ccc(F)cc3)sc2c1. The van der Waals surface area contributed by atoms with Gasteiger partial charge in [0.1, 0.15) is 11.6 Å². The molecule has 0 saturated carbocycles. The number of anilines is 1. The van der Waals surface area contributed by atoms with E-state index in [0.717, 1.165) is 21.5 Å². The highest BCUT2D eigenvalue weighted by Gasteiger charge is 2.07. The Hall–Kier alpha value is -2.73. The Kier molecular flexibility index (Phi) is 4.86. The van der Waals surface area contributed by atoms with Crippen molar-refractivity contribution < 1.29 is 13.9 Å². The number of carbonyl (C=O) groups excluding carboxylic acids is 1. The molecule has 1 N–H and O–H groups in total. The molecule has 3 aromatic rings. The van der Waals surface area contributed by atoms with Crippen LogP contribution in [0, 0.1) is 5.82 Å².